The lowest BCUT2D eigenvalue weighted by atomic mass is 9.87. The van der Waals surface area contributed by atoms with E-state index in [1.165, 1.54) is 27.2 Å². The molecule has 45 heavy (non-hydrogen) atoms. The maximum Gasteiger partial charge on any atom is 0.288 e. The zero-order valence-corrected chi connectivity index (χ0v) is 25.4. The fraction of sp³-hybridized carbons (Fsp3) is 0.263. The number of ether oxygens (including phenoxy) is 2. The van der Waals surface area contributed by atoms with E-state index < -0.39 is 0 Å². The Balaban J connectivity index is 1.14. The minimum atomic E-state index is -0.270. The lowest BCUT2D eigenvalue weighted by Gasteiger charge is -2.19. The molecule has 0 radical (unpaired) electrons. The van der Waals surface area contributed by atoms with Crippen LogP contribution in [-0.2, 0) is 11.3 Å². The largest absolute Gasteiger partial charge is 0.492 e. The number of nitrogens with zero attached hydrogens (tertiary/aromatic N) is 3. The molecule has 3 aliphatic rings. The van der Waals surface area contributed by atoms with E-state index >= 15 is 0 Å². The van der Waals surface area contributed by atoms with E-state index in [-0.39, 0.29) is 31.2 Å². The molecular weight excluding hydrogens is 562 g/mol. The van der Waals surface area contributed by atoms with E-state index in [0.717, 1.165) is 49.1 Å². The number of fused-ring (bicyclic) bond motifs is 2. The summed E-state index contributed by atoms with van der Waals surface area (Å²) in [5.74, 6) is 0.145. The molecule has 0 N–H and O–H groups in total. The van der Waals surface area contributed by atoms with Gasteiger partial charge in [0.1, 0.15) is 18.9 Å². The first-order valence-corrected chi connectivity index (χ1v) is 15.8. The summed E-state index contributed by atoms with van der Waals surface area (Å²) in [5.41, 5.74) is 9.10. The number of azo groups is 2. The standard InChI is InChI=1S/C38H36N3O4/c1-2-31(26-10-4-3-5-11-26)36(28-17-20-34-29(24-28)25-39-41(34)35-14-8-9-22-45-35)27-15-18-30(19-16-27)44-23-21-40-37(42)32-12-6-7-13-33(32)38(40)43/h3-7,10-13,15-20,24,35H,2,8-9,14,21-23,25H2,1H3/q+1/b36-31+. The summed E-state index contributed by atoms with van der Waals surface area (Å²) < 4.78 is 14.1. The fourth-order valence-electron chi connectivity index (χ4n) is 6.58. The topological polar surface area (TPSA) is 71.2 Å². The number of hydrogen-bond donors (Lipinski definition) is 0. The summed E-state index contributed by atoms with van der Waals surface area (Å²) in [6.07, 6.45) is 4.15. The second-order valence-corrected chi connectivity index (χ2v) is 11.6. The van der Waals surface area contributed by atoms with Gasteiger partial charge in [0.05, 0.1) is 29.8 Å². The molecule has 7 heteroatoms. The molecule has 1 unspecified atom stereocenters. The van der Waals surface area contributed by atoms with Gasteiger partial charge < -0.3 is 9.47 Å². The van der Waals surface area contributed by atoms with Crippen molar-refractivity contribution in [2.45, 2.75) is 45.4 Å². The van der Waals surface area contributed by atoms with Crippen LogP contribution in [0.25, 0.3) is 11.1 Å². The van der Waals surface area contributed by atoms with E-state index in [0.29, 0.717) is 23.4 Å². The van der Waals surface area contributed by atoms with Crippen molar-refractivity contribution >= 4 is 28.6 Å². The Morgan fingerprint density at radius 1 is 0.867 bits per heavy atom. The molecule has 3 heterocycles. The molecule has 226 valence electrons. The third kappa shape index (κ3) is 5.60. The molecular formula is C38H36N3O4+. The van der Waals surface area contributed by atoms with Gasteiger partial charge in [-0.15, -0.1) is 0 Å². The number of rotatable bonds is 9. The summed E-state index contributed by atoms with van der Waals surface area (Å²) in [6.45, 7) is 4.03. The van der Waals surface area contributed by atoms with Crippen molar-refractivity contribution in [2.75, 3.05) is 19.8 Å². The minimum Gasteiger partial charge on any atom is -0.492 e. The van der Waals surface area contributed by atoms with Gasteiger partial charge in [-0.05, 0) is 88.6 Å². The highest BCUT2D eigenvalue weighted by atomic mass is 16.5. The summed E-state index contributed by atoms with van der Waals surface area (Å²) in [5, 5.41) is 4.84. The van der Waals surface area contributed by atoms with Crippen LogP contribution in [0.1, 0.15) is 75.6 Å². The molecule has 0 bridgehead atoms. The Bertz CT molecular complexity index is 1770. The first-order valence-electron chi connectivity index (χ1n) is 15.8. The molecule has 0 aromatic heterocycles. The summed E-state index contributed by atoms with van der Waals surface area (Å²) in [4.78, 5) is 26.7. The van der Waals surface area contributed by atoms with Gasteiger partial charge in [-0.25, -0.2) is 0 Å². The van der Waals surface area contributed by atoms with Crippen LogP contribution < -0.4 is 4.74 Å². The van der Waals surface area contributed by atoms with Gasteiger partial charge >= 0.3 is 0 Å². The molecule has 4 aromatic rings. The average molecular weight is 599 g/mol. The maximum absolute atomic E-state index is 12.7. The average Bonchev–Trinajstić information content (AvgIpc) is 3.63. The molecule has 1 saturated heterocycles. The number of hydrogen-bond acceptors (Lipinski definition) is 5. The van der Waals surface area contributed by atoms with E-state index in [4.69, 9.17) is 14.6 Å². The van der Waals surface area contributed by atoms with Gasteiger partial charge in [-0.2, -0.15) is 0 Å². The summed E-state index contributed by atoms with van der Waals surface area (Å²) >= 11 is 0. The molecule has 7 nitrogen and oxygen atoms in total. The summed E-state index contributed by atoms with van der Waals surface area (Å²) in [6, 6.07) is 32.2. The van der Waals surface area contributed by atoms with Gasteiger partial charge in [0, 0.05) is 12.5 Å². The SMILES string of the molecule is CC/C(=C(/c1ccc(OCCN2C(=O)c3ccccc3C2=O)cc1)c1ccc2c(c1)CN=[N+]2C1CCCCO1)c1ccccc1. The molecule has 4 aromatic carbocycles. The number of amides is 2. The van der Waals surface area contributed by atoms with Crippen molar-refractivity contribution in [2.24, 2.45) is 5.11 Å². The first kappa shape index (κ1) is 28.9. The molecule has 0 spiro atoms. The first-order chi connectivity index (χ1) is 22.1. The fourth-order valence-corrected chi connectivity index (χ4v) is 6.58. The van der Waals surface area contributed by atoms with Gasteiger partial charge in [-0.3, -0.25) is 14.5 Å². The maximum atomic E-state index is 12.7. The van der Waals surface area contributed by atoms with Crippen LogP contribution in [0.5, 0.6) is 5.75 Å². The normalized spacial score (nSPS) is 17.9. The molecule has 7 rings (SSSR count). The Morgan fingerprint density at radius 3 is 2.27 bits per heavy atom. The third-order valence-corrected chi connectivity index (χ3v) is 8.82. The Kier molecular flexibility index (Phi) is 8.09. The monoisotopic (exact) mass is 598 g/mol. The van der Waals surface area contributed by atoms with E-state index in [9.17, 15) is 9.59 Å². The van der Waals surface area contributed by atoms with Crippen molar-refractivity contribution in [1.82, 2.24) is 4.90 Å². The Hall–Kier alpha value is -4.88. The Morgan fingerprint density at radius 2 is 1.58 bits per heavy atom. The van der Waals surface area contributed by atoms with Crippen LogP contribution in [0, 0.1) is 0 Å². The van der Waals surface area contributed by atoms with Crippen molar-refractivity contribution in [3.63, 3.8) is 0 Å². The Labute approximate surface area is 263 Å². The minimum absolute atomic E-state index is 0.0148. The van der Waals surface area contributed by atoms with Crippen molar-refractivity contribution < 1.29 is 23.8 Å². The number of imide groups is 1. The molecule has 1 atom stereocenters. The second kappa shape index (κ2) is 12.6. The quantitative estimate of drug-likeness (QED) is 0.112. The lowest BCUT2D eigenvalue weighted by molar-refractivity contribution is -0.602. The zero-order chi connectivity index (χ0) is 30.8. The number of carbonyl (C=O) groups is 2. The molecule has 0 aliphatic carbocycles. The predicted octanol–water partition coefficient (Wildman–Crippen LogP) is 7.87. The summed E-state index contributed by atoms with van der Waals surface area (Å²) in [7, 11) is 0. The zero-order valence-electron chi connectivity index (χ0n) is 25.4. The van der Waals surface area contributed by atoms with Crippen LogP contribution in [0.2, 0.25) is 0 Å². The third-order valence-electron chi connectivity index (χ3n) is 8.82. The highest BCUT2D eigenvalue weighted by Crippen LogP contribution is 2.39. The van der Waals surface area contributed by atoms with Crippen LogP contribution in [0.3, 0.4) is 0 Å². The van der Waals surface area contributed by atoms with Gasteiger partial charge in [0.15, 0.2) is 0 Å². The van der Waals surface area contributed by atoms with E-state index in [1.807, 2.05) is 18.2 Å². The van der Waals surface area contributed by atoms with Crippen molar-refractivity contribution in [1.29, 1.82) is 0 Å². The number of allylic oxidation sites excluding steroid dienone is 1. The highest BCUT2D eigenvalue weighted by Gasteiger charge is 2.36. The van der Waals surface area contributed by atoms with Gasteiger partial charge in [0.25, 0.3) is 18.0 Å². The van der Waals surface area contributed by atoms with Crippen molar-refractivity contribution in [3.05, 3.63) is 130 Å². The second-order valence-electron chi connectivity index (χ2n) is 11.6. The van der Waals surface area contributed by atoms with Crippen molar-refractivity contribution in [3.8, 4) is 5.75 Å². The molecule has 0 saturated carbocycles. The lowest BCUT2D eigenvalue weighted by Crippen LogP contribution is -2.33. The smallest absolute Gasteiger partial charge is 0.288 e. The molecule has 1 fully saturated rings. The highest BCUT2D eigenvalue weighted by molar-refractivity contribution is 6.21. The van der Waals surface area contributed by atoms with Gasteiger partial charge in [-0.1, -0.05) is 66.2 Å². The number of carbonyl (C=O) groups excluding carboxylic acids is 2. The van der Waals surface area contributed by atoms with Crippen LogP contribution >= 0.6 is 0 Å². The van der Waals surface area contributed by atoms with Crippen LogP contribution in [0.15, 0.2) is 102 Å². The van der Waals surface area contributed by atoms with E-state index in [2.05, 4.69) is 66.2 Å². The predicted molar refractivity (Wildman–Crippen MR) is 172 cm³/mol. The van der Waals surface area contributed by atoms with Gasteiger partial charge in [0.2, 0.25) is 5.69 Å². The number of benzene rings is 4. The van der Waals surface area contributed by atoms with Crippen LogP contribution in [0.4, 0.5) is 5.69 Å². The van der Waals surface area contributed by atoms with E-state index in [1.54, 1.807) is 24.3 Å². The molecule has 3 aliphatic heterocycles. The molecule has 2 amide bonds. The van der Waals surface area contributed by atoms with Crippen LogP contribution in [-0.4, -0.2) is 47.4 Å².